The molecule has 2 rings (SSSR count). The van der Waals surface area contributed by atoms with Crippen molar-refractivity contribution in [3.63, 3.8) is 0 Å². The standard InChI is InChI=1S/C19H25N3O2S/c1-4-6-10-16(23)21(17(24)11-7-5-2)22-18-15(9-8-12-20-18)13-14(3)19(22)25/h8-9,12-13H,4-7,10-11H2,1-3H3. The molecular weight excluding hydrogens is 334 g/mol. The van der Waals surface area contributed by atoms with Gasteiger partial charge in [-0.15, -0.1) is 0 Å². The van der Waals surface area contributed by atoms with Crippen molar-refractivity contribution in [2.24, 2.45) is 0 Å². The molecule has 0 N–H and O–H groups in total. The van der Waals surface area contributed by atoms with Gasteiger partial charge >= 0.3 is 0 Å². The minimum atomic E-state index is -0.225. The largest absolute Gasteiger partial charge is 0.273 e. The van der Waals surface area contributed by atoms with Crippen LogP contribution in [0.4, 0.5) is 0 Å². The molecule has 0 spiro atoms. The van der Waals surface area contributed by atoms with E-state index in [1.807, 2.05) is 39.0 Å². The van der Waals surface area contributed by atoms with Gasteiger partial charge in [0, 0.05) is 24.4 Å². The molecule has 0 aliphatic carbocycles. The lowest BCUT2D eigenvalue weighted by Gasteiger charge is -2.25. The average molecular weight is 359 g/mol. The molecule has 0 bridgehead atoms. The van der Waals surface area contributed by atoms with Gasteiger partial charge in [-0.25, -0.2) is 9.66 Å². The Morgan fingerprint density at radius 1 is 1.16 bits per heavy atom. The van der Waals surface area contributed by atoms with E-state index in [0.29, 0.717) is 23.1 Å². The van der Waals surface area contributed by atoms with Gasteiger partial charge in [0.05, 0.1) is 0 Å². The molecule has 0 unspecified atom stereocenters. The second-order valence-electron chi connectivity index (χ2n) is 6.17. The van der Waals surface area contributed by atoms with E-state index < -0.39 is 0 Å². The Morgan fingerprint density at radius 3 is 2.32 bits per heavy atom. The number of fused-ring (bicyclic) bond motifs is 1. The first-order valence-electron chi connectivity index (χ1n) is 8.84. The smallest absolute Gasteiger partial charge is 0.248 e. The second-order valence-corrected chi connectivity index (χ2v) is 6.55. The van der Waals surface area contributed by atoms with Crippen LogP contribution in [0.5, 0.6) is 0 Å². The van der Waals surface area contributed by atoms with Gasteiger partial charge in [-0.2, -0.15) is 5.01 Å². The first-order valence-corrected chi connectivity index (χ1v) is 9.25. The summed E-state index contributed by atoms with van der Waals surface area (Å²) in [4.78, 5) is 30.0. The molecule has 2 aromatic heterocycles. The molecule has 134 valence electrons. The number of hydrogen-bond acceptors (Lipinski definition) is 4. The summed E-state index contributed by atoms with van der Waals surface area (Å²) < 4.78 is 1.97. The van der Waals surface area contributed by atoms with E-state index in [-0.39, 0.29) is 11.8 Å². The molecule has 0 aliphatic heterocycles. The molecule has 2 amide bonds. The zero-order valence-electron chi connectivity index (χ0n) is 15.1. The minimum absolute atomic E-state index is 0.225. The topological polar surface area (TPSA) is 55.2 Å². The van der Waals surface area contributed by atoms with E-state index in [0.717, 1.165) is 36.6 Å². The molecule has 2 heterocycles. The molecule has 25 heavy (non-hydrogen) atoms. The SMILES string of the molecule is CCCCC(=O)N(C(=O)CCCC)n1c(=S)c(C)cc2cccnc21. The molecule has 0 saturated carbocycles. The molecule has 6 heteroatoms. The van der Waals surface area contributed by atoms with Crippen molar-refractivity contribution in [1.82, 2.24) is 9.66 Å². The van der Waals surface area contributed by atoms with Crippen LogP contribution in [0, 0.1) is 11.6 Å². The summed E-state index contributed by atoms with van der Waals surface area (Å²) in [7, 11) is 0. The summed E-state index contributed by atoms with van der Waals surface area (Å²) in [5, 5.41) is 2.07. The molecule has 0 fully saturated rings. The van der Waals surface area contributed by atoms with Crippen molar-refractivity contribution in [2.45, 2.75) is 59.3 Å². The molecule has 5 nitrogen and oxygen atoms in total. The van der Waals surface area contributed by atoms with E-state index in [1.165, 1.54) is 9.69 Å². The van der Waals surface area contributed by atoms with Crippen molar-refractivity contribution in [3.8, 4) is 0 Å². The highest BCUT2D eigenvalue weighted by Crippen LogP contribution is 2.18. The van der Waals surface area contributed by atoms with Gasteiger partial charge in [0.15, 0.2) is 5.65 Å². The van der Waals surface area contributed by atoms with Crippen LogP contribution in [0.1, 0.15) is 57.9 Å². The highest BCUT2D eigenvalue weighted by atomic mass is 32.1. The number of aromatic nitrogens is 2. The van der Waals surface area contributed by atoms with Crippen LogP contribution in [-0.2, 0) is 9.59 Å². The summed E-state index contributed by atoms with van der Waals surface area (Å²) in [6.07, 6.45) is 5.54. The summed E-state index contributed by atoms with van der Waals surface area (Å²) in [6.45, 7) is 5.92. The third-order valence-electron chi connectivity index (χ3n) is 4.08. The number of unbranched alkanes of at least 4 members (excludes halogenated alkanes) is 2. The van der Waals surface area contributed by atoms with Crippen molar-refractivity contribution in [2.75, 3.05) is 5.01 Å². The number of pyridine rings is 2. The van der Waals surface area contributed by atoms with Crippen molar-refractivity contribution in [1.29, 1.82) is 0 Å². The van der Waals surface area contributed by atoms with E-state index in [1.54, 1.807) is 6.20 Å². The van der Waals surface area contributed by atoms with Gasteiger partial charge in [-0.3, -0.25) is 9.59 Å². The zero-order valence-corrected chi connectivity index (χ0v) is 15.9. The van der Waals surface area contributed by atoms with Crippen molar-refractivity contribution < 1.29 is 9.59 Å². The molecule has 0 atom stereocenters. The molecule has 2 aromatic rings. The third kappa shape index (κ3) is 4.31. The van der Waals surface area contributed by atoms with E-state index in [2.05, 4.69) is 4.98 Å². The third-order valence-corrected chi connectivity index (χ3v) is 4.57. The molecule has 0 saturated heterocycles. The van der Waals surface area contributed by atoms with Gasteiger partial charge in [0.25, 0.3) is 0 Å². The normalized spacial score (nSPS) is 10.8. The summed E-state index contributed by atoms with van der Waals surface area (Å²) in [5.41, 5.74) is 1.37. The van der Waals surface area contributed by atoms with Crippen LogP contribution < -0.4 is 5.01 Å². The molecule has 0 aromatic carbocycles. The first-order chi connectivity index (χ1) is 12.0. The lowest BCUT2D eigenvalue weighted by atomic mass is 10.2. The van der Waals surface area contributed by atoms with Gasteiger partial charge in [-0.05, 0) is 43.5 Å². The Labute approximate surface area is 153 Å². The monoisotopic (exact) mass is 359 g/mol. The van der Waals surface area contributed by atoms with E-state index in [4.69, 9.17) is 12.2 Å². The summed E-state index contributed by atoms with van der Waals surface area (Å²) in [5.74, 6) is -0.451. The maximum absolute atomic E-state index is 12.8. The lowest BCUT2D eigenvalue weighted by Crippen LogP contribution is -2.46. The fourth-order valence-electron chi connectivity index (χ4n) is 2.67. The molecular formula is C19H25N3O2S. The highest BCUT2D eigenvalue weighted by Gasteiger charge is 2.25. The van der Waals surface area contributed by atoms with Gasteiger partial charge in [0.2, 0.25) is 11.8 Å². The number of imide groups is 1. The maximum atomic E-state index is 12.8. The van der Waals surface area contributed by atoms with Gasteiger partial charge in [-0.1, -0.05) is 38.9 Å². The number of rotatable bonds is 7. The Bertz CT molecular complexity index is 809. The Balaban J connectivity index is 2.62. The minimum Gasteiger partial charge on any atom is -0.273 e. The second kappa shape index (κ2) is 8.85. The van der Waals surface area contributed by atoms with Crippen molar-refractivity contribution >= 4 is 35.1 Å². The summed E-state index contributed by atoms with van der Waals surface area (Å²) >= 11 is 5.54. The number of amides is 2. The van der Waals surface area contributed by atoms with Crippen LogP contribution >= 0.6 is 12.2 Å². The van der Waals surface area contributed by atoms with Crippen LogP contribution in [-0.4, -0.2) is 21.5 Å². The predicted octanol–water partition coefficient (Wildman–Crippen LogP) is 4.45. The number of aryl methyl sites for hydroxylation is 1. The Kier molecular flexibility index (Phi) is 6.82. The predicted molar refractivity (Wildman–Crippen MR) is 103 cm³/mol. The number of hydrogen-bond donors (Lipinski definition) is 0. The number of carbonyl (C=O) groups excluding carboxylic acids is 2. The van der Waals surface area contributed by atoms with E-state index >= 15 is 0 Å². The van der Waals surface area contributed by atoms with Crippen LogP contribution in [0.15, 0.2) is 24.4 Å². The zero-order chi connectivity index (χ0) is 18.4. The highest BCUT2D eigenvalue weighted by molar-refractivity contribution is 7.71. The van der Waals surface area contributed by atoms with Gasteiger partial charge < -0.3 is 0 Å². The summed E-state index contributed by atoms with van der Waals surface area (Å²) in [6, 6.07) is 5.68. The van der Waals surface area contributed by atoms with Crippen LogP contribution in [0.3, 0.4) is 0 Å². The fraction of sp³-hybridized carbons (Fsp3) is 0.474. The Hall–Kier alpha value is -2.08. The van der Waals surface area contributed by atoms with Crippen LogP contribution in [0.2, 0.25) is 0 Å². The number of carbonyl (C=O) groups is 2. The lowest BCUT2D eigenvalue weighted by molar-refractivity contribution is -0.129. The van der Waals surface area contributed by atoms with Crippen LogP contribution in [0.25, 0.3) is 11.0 Å². The molecule has 0 radical (unpaired) electrons. The average Bonchev–Trinajstić information content (AvgIpc) is 2.61. The number of nitrogens with zero attached hydrogens (tertiary/aromatic N) is 3. The molecule has 0 aliphatic rings. The van der Waals surface area contributed by atoms with Gasteiger partial charge in [0.1, 0.15) is 4.64 Å². The van der Waals surface area contributed by atoms with E-state index in [9.17, 15) is 9.59 Å². The first kappa shape index (κ1) is 19.2. The fourth-order valence-corrected chi connectivity index (χ4v) is 2.90. The maximum Gasteiger partial charge on any atom is 0.248 e. The van der Waals surface area contributed by atoms with Crippen molar-refractivity contribution in [3.05, 3.63) is 34.6 Å². The quantitative estimate of drug-likeness (QED) is 0.686. The Morgan fingerprint density at radius 2 is 1.76 bits per heavy atom.